The Kier molecular flexibility index (Phi) is 3.67. The van der Waals surface area contributed by atoms with E-state index in [1.807, 2.05) is 0 Å². The number of rotatable bonds is 4. The molecule has 4 N–H and O–H groups in total. The number of carboxylic acid groups (broad SMARTS) is 1. The van der Waals surface area contributed by atoms with Crippen molar-refractivity contribution in [1.29, 1.82) is 0 Å². The van der Waals surface area contributed by atoms with Gasteiger partial charge in [0.15, 0.2) is 0 Å². The van der Waals surface area contributed by atoms with Gasteiger partial charge in [-0.15, -0.1) is 0 Å². The third-order valence-corrected chi connectivity index (χ3v) is 4.66. The number of aliphatic carboxylic acids is 1. The second-order valence-corrected chi connectivity index (χ2v) is 5.98. The van der Waals surface area contributed by atoms with E-state index in [0.29, 0.717) is 25.8 Å². The molecule has 0 spiro atoms. The van der Waals surface area contributed by atoms with Gasteiger partial charge in [0.25, 0.3) is 0 Å². The Morgan fingerprint density at radius 3 is 2.90 bits per heavy atom. The number of nitrogens with zero attached hydrogens (tertiary/aromatic N) is 1. The Labute approximate surface area is 122 Å². The molecule has 2 aliphatic rings. The van der Waals surface area contributed by atoms with Gasteiger partial charge in [-0.3, -0.25) is 14.9 Å². The van der Waals surface area contributed by atoms with Crippen molar-refractivity contribution in [3.63, 3.8) is 0 Å². The summed E-state index contributed by atoms with van der Waals surface area (Å²) in [5, 5.41) is 15.4. The first-order valence-corrected chi connectivity index (χ1v) is 7.36. The van der Waals surface area contributed by atoms with Crippen LogP contribution in [0.15, 0.2) is 6.33 Å². The first-order chi connectivity index (χ1) is 10.1. The van der Waals surface area contributed by atoms with E-state index in [4.69, 9.17) is 0 Å². The molecule has 1 atom stereocenters. The number of fused-ring (bicyclic) bond motifs is 1. The minimum atomic E-state index is -0.800. The van der Waals surface area contributed by atoms with Crippen LogP contribution in [0.25, 0.3) is 0 Å². The Morgan fingerprint density at radius 2 is 2.19 bits per heavy atom. The average molecular weight is 292 g/mol. The summed E-state index contributed by atoms with van der Waals surface area (Å²) in [6, 6.07) is -0.340. The summed E-state index contributed by atoms with van der Waals surface area (Å²) in [6.45, 7) is 0.796. The van der Waals surface area contributed by atoms with Gasteiger partial charge in [-0.2, -0.15) is 0 Å². The maximum absolute atomic E-state index is 12.2. The van der Waals surface area contributed by atoms with Gasteiger partial charge in [0.1, 0.15) is 0 Å². The van der Waals surface area contributed by atoms with Crippen LogP contribution >= 0.6 is 0 Å². The molecule has 114 valence electrons. The largest absolute Gasteiger partial charge is 0.481 e. The highest BCUT2D eigenvalue weighted by Gasteiger charge is 2.41. The predicted octanol–water partition coefficient (Wildman–Crippen LogP) is 0.185. The van der Waals surface area contributed by atoms with Crippen molar-refractivity contribution in [2.45, 2.75) is 44.7 Å². The highest BCUT2D eigenvalue weighted by atomic mass is 16.4. The minimum absolute atomic E-state index is 0.142. The Balaban J connectivity index is 1.59. The summed E-state index contributed by atoms with van der Waals surface area (Å²) in [5.41, 5.74) is 1.14. The van der Waals surface area contributed by atoms with Gasteiger partial charge < -0.3 is 15.4 Å². The van der Waals surface area contributed by atoms with Crippen LogP contribution in [0.2, 0.25) is 0 Å². The van der Waals surface area contributed by atoms with Crippen LogP contribution < -0.4 is 10.6 Å². The molecular weight excluding hydrogens is 272 g/mol. The summed E-state index contributed by atoms with van der Waals surface area (Å²) in [6.07, 6.45) is 5.28. The Hall–Kier alpha value is -1.89. The fourth-order valence-electron chi connectivity index (χ4n) is 3.25. The lowest BCUT2D eigenvalue weighted by atomic mass is 9.86. The van der Waals surface area contributed by atoms with Crippen LogP contribution in [-0.2, 0) is 22.6 Å². The number of nitrogens with one attached hydrogen (secondary N) is 3. The van der Waals surface area contributed by atoms with E-state index in [0.717, 1.165) is 24.2 Å². The molecule has 1 aliphatic carbocycles. The van der Waals surface area contributed by atoms with Gasteiger partial charge in [-0.25, -0.2) is 4.98 Å². The van der Waals surface area contributed by atoms with Crippen molar-refractivity contribution < 1.29 is 14.7 Å². The molecule has 0 bridgehead atoms. The number of carbonyl (C=O) groups excluding carboxylic acids is 1. The number of hydrogen-bond acceptors (Lipinski definition) is 4. The molecule has 1 aromatic rings. The lowest BCUT2D eigenvalue weighted by Gasteiger charge is -2.27. The van der Waals surface area contributed by atoms with Gasteiger partial charge >= 0.3 is 5.97 Å². The third-order valence-electron chi connectivity index (χ3n) is 4.66. The first kappa shape index (κ1) is 14.1. The summed E-state index contributed by atoms with van der Waals surface area (Å²) < 4.78 is 0. The van der Waals surface area contributed by atoms with Crippen molar-refractivity contribution in [3.05, 3.63) is 17.7 Å². The van der Waals surface area contributed by atoms with Crippen LogP contribution in [0.4, 0.5) is 0 Å². The molecule has 0 radical (unpaired) electrons. The Morgan fingerprint density at radius 1 is 1.43 bits per heavy atom. The monoisotopic (exact) mass is 292 g/mol. The molecule has 7 nitrogen and oxygen atoms in total. The number of imidazole rings is 1. The maximum Gasteiger partial charge on any atom is 0.311 e. The van der Waals surface area contributed by atoms with E-state index < -0.39 is 11.4 Å². The number of amides is 1. The fraction of sp³-hybridized carbons (Fsp3) is 0.643. The fourth-order valence-corrected chi connectivity index (χ4v) is 3.25. The van der Waals surface area contributed by atoms with Crippen molar-refractivity contribution in [3.8, 4) is 0 Å². The molecule has 1 unspecified atom stereocenters. The number of hydrogen-bond donors (Lipinski definition) is 4. The van der Waals surface area contributed by atoms with E-state index in [1.165, 1.54) is 0 Å². The smallest absolute Gasteiger partial charge is 0.311 e. The number of carbonyl (C=O) groups is 2. The summed E-state index contributed by atoms with van der Waals surface area (Å²) in [7, 11) is 0. The molecule has 1 aliphatic heterocycles. The normalized spacial score (nSPS) is 23.5. The highest BCUT2D eigenvalue weighted by molar-refractivity contribution is 5.83. The number of carboxylic acids is 1. The quantitative estimate of drug-likeness (QED) is 0.633. The SMILES string of the molecule is O=C(NCC1(C(=O)O)CCCC1)C1Cc2nc[nH]c2CN1. The molecule has 1 fully saturated rings. The third kappa shape index (κ3) is 2.65. The van der Waals surface area contributed by atoms with E-state index in [1.54, 1.807) is 6.33 Å². The zero-order valence-corrected chi connectivity index (χ0v) is 11.8. The average Bonchev–Trinajstić information content (AvgIpc) is 3.13. The van der Waals surface area contributed by atoms with Gasteiger partial charge in [-0.1, -0.05) is 12.8 Å². The summed E-state index contributed by atoms with van der Waals surface area (Å²) in [4.78, 5) is 30.9. The van der Waals surface area contributed by atoms with Gasteiger partial charge in [0, 0.05) is 19.5 Å². The van der Waals surface area contributed by atoms with E-state index in [9.17, 15) is 14.7 Å². The van der Waals surface area contributed by atoms with Crippen LogP contribution in [0.5, 0.6) is 0 Å². The Bertz CT molecular complexity index is 548. The minimum Gasteiger partial charge on any atom is -0.481 e. The molecular formula is C14H20N4O3. The number of aromatic amines is 1. The van der Waals surface area contributed by atoms with Crippen LogP contribution in [0.1, 0.15) is 37.1 Å². The van der Waals surface area contributed by atoms with E-state index in [2.05, 4.69) is 20.6 Å². The zero-order chi connectivity index (χ0) is 14.9. The molecule has 1 aromatic heterocycles. The second-order valence-electron chi connectivity index (χ2n) is 5.98. The zero-order valence-electron chi connectivity index (χ0n) is 11.8. The van der Waals surface area contributed by atoms with Crippen molar-refractivity contribution in [1.82, 2.24) is 20.6 Å². The molecule has 1 saturated carbocycles. The molecule has 3 rings (SSSR count). The molecule has 0 saturated heterocycles. The standard InChI is InChI=1S/C14H20N4O3/c19-12(10-5-9-11(6-15-10)18-8-17-9)16-7-14(13(20)21)3-1-2-4-14/h8,10,15H,1-7H2,(H,16,19)(H,17,18)(H,20,21). The van der Waals surface area contributed by atoms with Crippen molar-refractivity contribution in [2.75, 3.05) is 6.54 Å². The molecule has 21 heavy (non-hydrogen) atoms. The summed E-state index contributed by atoms with van der Waals surface area (Å²) in [5.74, 6) is -0.942. The van der Waals surface area contributed by atoms with Crippen molar-refractivity contribution in [2.24, 2.45) is 5.41 Å². The molecule has 7 heteroatoms. The van der Waals surface area contributed by atoms with Gasteiger partial charge in [-0.05, 0) is 12.8 Å². The van der Waals surface area contributed by atoms with Crippen molar-refractivity contribution >= 4 is 11.9 Å². The molecule has 1 amide bonds. The molecule has 2 heterocycles. The molecule has 0 aromatic carbocycles. The topological polar surface area (TPSA) is 107 Å². The van der Waals surface area contributed by atoms with E-state index >= 15 is 0 Å². The predicted molar refractivity (Wildman–Crippen MR) is 74.5 cm³/mol. The summed E-state index contributed by atoms with van der Waals surface area (Å²) >= 11 is 0. The van der Waals surface area contributed by atoms with Gasteiger partial charge in [0.05, 0.1) is 29.2 Å². The second kappa shape index (κ2) is 5.48. The highest BCUT2D eigenvalue weighted by Crippen LogP contribution is 2.37. The first-order valence-electron chi connectivity index (χ1n) is 7.36. The number of aromatic nitrogens is 2. The maximum atomic E-state index is 12.2. The van der Waals surface area contributed by atoms with Crippen LogP contribution in [0, 0.1) is 5.41 Å². The van der Waals surface area contributed by atoms with Crippen LogP contribution in [0.3, 0.4) is 0 Å². The van der Waals surface area contributed by atoms with Gasteiger partial charge in [0.2, 0.25) is 5.91 Å². The lowest BCUT2D eigenvalue weighted by Crippen LogP contribution is -2.51. The lowest BCUT2D eigenvalue weighted by molar-refractivity contribution is -0.148. The number of H-pyrrole nitrogens is 1. The van der Waals surface area contributed by atoms with Crippen LogP contribution in [-0.4, -0.2) is 39.5 Å². The van der Waals surface area contributed by atoms with E-state index in [-0.39, 0.29) is 18.5 Å².